The first-order chi connectivity index (χ1) is 14.5. The van der Waals surface area contributed by atoms with Crippen LogP contribution in [0.5, 0.6) is 5.75 Å². The normalized spacial score (nSPS) is 22.8. The molecule has 1 amide bonds. The van der Waals surface area contributed by atoms with E-state index >= 15 is 0 Å². The molecule has 1 aromatic rings. The van der Waals surface area contributed by atoms with E-state index in [1.54, 1.807) is 55.6 Å². The minimum absolute atomic E-state index is 0.0175. The van der Waals surface area contributed by atoms with Crippen molar-refractivity contribution in [3.05, 3.63) is 84.1 Å². The second-order valence-corrected chi connectivity index (χ2v) is 6.22. The van der Waals surface area contributed by atoms with Gasteiger partial charge >= 0.3 is 5.97 Å². The summed E-state index contributed by atoms with van der Waals surface area (Å²) >= 11 is 0. The van der Waals surface area contributed by atoms with Gasteiger partial charge in [0.1, 0.15) is 23.5 Å². The summed E-state index contributed by atoms with van der Waals surface area (Å²) in [6, 6.07) is 4.70. The van der Waals surface area contributed by atoms with Crippen LogP contribution < -0.4 is 5.32 Å². The molecule has 7 nitrogen and oxygen atoms in total. The van der Waals surface area contributed by atoms with Crippen LogP contribution in [0.4, 0.5) is 0 Å². The minimum atomic E-state index is -1.09. The first-order valence-electron chi connectivity index (χ1n) is 9.30. The summed E-state index contributed by atoms with van der Waals surface area (Å²) < 4.78 is 5.48. The van der Waals surface area contributed by atoms with Crippen LogP contribution in [0.2, 0.25) is 0 Å². The number of esters is 1. The molecule has 0 radical (unpaired) electrons. The van der Waals surface area contributed by atoms with Crippen molar-refractivity contribution in [1.29, 1.82) is 0 Å². The summed E-state index contributed by atoms with van der Waals surface area (Å²) in [5, 5.41) is 23.1. The third kappa shape index (κ3) is 7.03. The maximum absolute atomic E-state index is 12.7. The number of ether oxygens (including phenoxy) is 1. The number of carbonyl (C=O) groups is 2. The molecule has 0 spiro atoms. The van der Waals surface area contributed by atoms with E-state index in [-0.39, 0.29) is 23.6 Å². The predicted octanol–water partition coefficient (Wildman–Crippen LogP) is 2.69. The number of aromatic hydroxyl groups is 1. The first kappa shape index (κ1) is 22.6. The SMILES string of the molecule is CN=C/C=C\C(=O)N/C=C\CC1OC(=O)c2c(O)cccc2/C=C/C=C\C=C/C1O. The number of allylic oxidation sites excluding steroid dienone is 5. The number of phenolic OH excluding ortho intramolecular Hbond substituents is 1. The lowest BCUT2D eigenvalue weighted by molar-refractivity contribution is -0.115. The van der Waals surface area contributed by atoms with Crippen LogP contribution in [0.25, 0.3) is 6.08 Å². The molecule has 1 aliphatic rings. The van der Waals surface area contributed by atoms with Gasteiger partial charge in [0.05, 0.1) is 0 Å². The van der Waals surface area contributed by atoms with E-state index in [9.17, 15) is 19.8 Å². The highest BCUT2D eigenvalue weighted by molar-refractivity contribution is 5.96. The molecule has 0 saturated heterocycles. The van der Waals surface area contributed by atoms with Gasteiger partial charge in [0.2, 0.25) is 5.91 Å². The average Bonchev–Trinajstić information content (AvgIpc) is 2.71. The second-order valence-electron chi connectivity index (χ2n) is 6.22. The van der Waals surface area contributed by atoms with Gasteiger partial charge in [0.25, 0.3) is 0 Å². The average molecular weight is 408 g/mol. The Morgan fingerprint density at radius 3 is 2.87 bits per heavy atom. The molecule has 30 heavy (non-hydrogen) atoms. The van der Waals surface area contributed by atoms with Crippen molar-refractivity contribution in [2.24, 2.45) is 4.99 Å². The highest BCUT2D eigenvalue weighted by Crippen LogP contribution is 2.25. The number of cyclic esters (lactones) is 1. The molecule has 0 aliphatic carbocycles. The molecule has 1 aliphatic heterocycles. The molecule has 0 aromatic heterocycles. The molecular weight excluding hydrogens is 384 g/mol. The molecule has 2 rings (SSSR count). The molecule has 2 atom stereocenters. The van der Waals surface area contributed by atoms with Crippen LogP contribution in [0.3, 0.4) is 0 Å². The number of aliphatic imine (C=N–C) groups is 1. The molecule has 1 heterocycles. The van der Waals surface area contributed by atoms with Gasteiger partial charge in [-0.05, 0) is 17.7 Å². The van der Waals surface area contributed by atoms with Crippen molar-refractivity contribution in [3.8, 4) is 5.75 Å². The van der Waals surface area contributed by atoms with Gasteiger partial charge in [-0.25, -0.2) is 4.79 Å². The molecule has 7 heteroatoms. The fraction of sp³-hybridized carbons (Fsp3) is 0.174. The van der Waals surface area contributed by atoms with Crippen LogP contribution in [-0.4, -0.2) is 47.6 Å². The molecule has 0 fully saturated rings. The summed E-state index contributed by atoms with van der Waals surface area (Å²) in [5.74, 6) is -1.32. The fourth-order valence-corrected chi connectivity index (χ4v) is 2.57. The number of fused-ring (bicyclic) bond motifs is 1. The Labute approximate surface area is 175 Å². The number of hydrogen-bond acceptors (Lipinski definition) is 6. The van der Waals surface area contributed by atoms with Crippen molar-refractivity contribution in [2.75, 3.05) is 7.05 Å². The molecular formula is C23H24N2O5. The highest BCUT2D eigenvalue weighted by atomic mass is 16.6. The van der Waals surface area contributed by atoms with Gasteiger partial charge in [-0.15, -0.1) is 0 Å². The van der Waals surface area contributed by atoms with E-state index in [1.807, 2.05) is 0 Å². The number of benzene rings is 1. The Hall–Kier alpha value is -3.71. The largest absolute Gasteiger partial charge is 0.507 e. The van der Waals surface area contributed by atoms with E-state index in [2.05, 4.69) is 10.3 Å². The van der Waals surface area contributed by atoms with E-state index in [4.69, 9.17) is 4.74 Å². The zero-order valence-corrected chi connectivity index (χ0v) is 16.5. The summed E-state index contributed by atoms with van der Waals surface area (Å²) in [6.07, 6.45) is 15.4. The van der Waals surface area contributed by atoms with Crippen LogP contribution >= 0.6 is 0 Å². The zero-order chi connectivity index (χ0) is 21.8. The van der Waals surface area contributed by atoms with Gasteiger partial charge in [-0.1, -0.05) is 54.7 Å². The number of rotatable bonds is 5. The predicted molar refractivity (Wildman–Crippen MR) is 116 cm³/mol. The van der Waals surface area contributed by atoms with E-state index in [0.29, 0.717) is 5.56 Å². The highest BCUT2D eigenvalue weighted by Gasteiger charge is 2.24. The number of amides is 1. The molecule has 1 aromatic carbocycles. The fourth-order valence-electron chi connectivity index (χ4n) is 2.57. The standard InChI is InChI=1S/C23H24N2O5/c1-24-15-8-14-21(28)25-16-7-13-20-18(26)11-5-3-2-4-9-17-10-6-12-19(27)22(17)23(29)30-20/h2-12,14-16,18,20,26-27H,13H2,1H3,(H,25,28)/b3-2-,9-4+,11-5-,14-8-,16-7-,24-15?. The van der Waals surface area contributed by atoms with Crippen LogP contribution in [0.1, 0.15) is 22.3 Å². The van der Waals surface area contributed by atoms with Crippen molar-refractivity contribution >= 4 is 24.2 Å². The molecule has 2 unspecified atom stereocenters. The van der Waals surface area contributed by atoms with Gasteiger partial charge in [0, 0.05) is 32.0 Å². The maximum Gasteiger partial charge on any atom is 0.342 e. The lowest BCUT2D eigenvalue weighted by Crippen LogP contribution is -2.30. The quantitative estimate of drug-likeness (QED) is 0.394. The number of nitrogens with one attached hydrogen (secondary N) is 1. The van der Waals surface area contributed by atoms with Gasteiger partial charge in [-0.3, -0.25) is 9.79 Å². The summed E-state index contributed by atoms with van der Waals surface area (Å²) in [6.45, 7) is 0. The Balaban J connectivity index is 2.17. The molecule has 156 valence electrons. The number of phenols is 1. The minimum Gasteiger partial charge on any atom is -0.507 e. The van der Waals surface area contributed by atoms with Crippen LogP contribution in [-0.2, 0) is 9.53 Å². The molecule has 3 N–H and O–H groups in total. The van der Waals surface area contributed by atoms with Gasteiger partial charge < -0.3 is 20.3 Å². The topological polar surface area (TPSA) is 108 Å². The number of aliphatic hydroxyl groups is 1. The second kappa shape index (κ2) is 12.0. The number of aliphatic hydroxyl groups excluding tert-OH is 1. The Morgan fingerprint density at radius 2 is 2.07 bits per heavy atom. The van der Waals surface area contributed by atoms with E-state index < -0.39 is 18.2 Å². The lowest BCUT2D eigenvalue weighted by atomic mass is 10.0. The summed E-state index contributed by atoms with van der Waals surface area (Å²) in [5.41, 5.74) is 0.511. The Bertz CT molecular complexity index is 926. The monoisotopic (exact) mass is 408 g/mol. The Kier molecular flexibility index (Phi) is 9.02. The van der Waals surface area contributed by atoms with Gasteiger partial charge in [0.15, 0.2) is 0 Å². The van der Waals surface area contributed by atoms with Crippen LogP contribution in [0.15, 0.2) is 78.0 Å². The zero-order valence-electron chi connectivity index (χ0n) is 16.5. The third-order valence-electron chi connectivity index (χ3n) is 4.03. The van der Waals surface area contributed by atoms with Crippen molar-refractivity contribution < 1.29 is 24.5 Å². The third-order valence-corrected chi connectivity index (χ3v) is 4.03. The van der Waals surface area contributed by atoms with Crippen molar-refractivity contribution in [3.63, 3.8) is 0 Å². The van der Waals surface area contributed by atoms with Crippen molar-refractivity contribution in [1.82, 2.24) is 5.32 Å². The summed E-state index contributed by atoms with van der Waals surface area (Å²) in [7, 11) is 1.59. The lowest BCUT2D eigenvalue weighted by Gasteiger charge is -2.21. The first-order valence-corrected chi connectivity index (χ1v) is 9.30. The number of hydrogen-bond donors (Lipinski definition) is 3. The molecule has 0 saturated carbocycles. The summed E-state index contributed by atoms with van der Waals surface area (Å²) in [4.78, 5) is 28.0. The molecule has 0 bridgehead atoms. The number of carbonyl (C=O) groups excluding carboxylic acids is 2. The van der Waals surface area contributed by atoms with Crippen LogP contribution in [0, 0.1) is 0 Å². The Morgan fingerprint density at radius 1 is 1.27 bits per heavy atom. The van der Waals surface area contributed by atoms with E-state index in [0.717, 1.165) is 0 Å². The van der Waals surface area contributed by atoms with Crippen molar-refractivity contribution in [2.45, 2.75) is 18.6 Å². The van der Waals surface area contributed by atoms with E-state index in [1.165, 1.54) is 36.7 Å². The van der Waals surface area contributed by atoms with Gasteiger partial charge in [-0.2, -0.15) is 0 Å². The maximum atomic E-state index is 12.7. The smallest absolute Gasteiger partial charge is 0.342 e. The number of nitrogens with zero attached hydrogens (tertiary/aromatic N) is 1.